The van der Waals surface area contributed by atoms with Crippen molar-refractivity contribution in [3.63, 3.8) is 0 Å². The SMILES string of the molecule is CCC(C(=O)O)c1nc(Nc2ccc(F)c(Cl)c2)c2c3c(sc2n1)CCCC3. The van der Waals surface area contributed by atoms with Gasteiger partial charge in [0.15, 0.2) is 0 Å². The lowest BCUT2D eigenvalue weighted by Crippen LogP contribution is -2.15. The van der Waals surface area contributed by atoms with Crippen molar-refractivity contribution < 1.29 is 14.3 Å². The number of rotatable bonds is 5. The molecule has 0 amide bonds. The minimum Gasteiger partial charge on any atom is -0.481 e. The third kappa shape index (κ3) is 3.44. The Bertz CT molecular complexity index is 1070. The van der Waals surface area contributed by atoms with Crippen LogP contribution in [0.4, 0.5) is 15.9 Å². The van der Waals surface area contributed by atoms with E-state index in [1.807, 2.05) is 0 Å². The number of hydrogen-bond acceptors (Lipinski definition) is 5. The second-order valence-corrected chi connectivity index (χ2v) is 8.37. The molecule has 1 aromatic carbocycles. The van der Waals surface area contributed by atoms with Crippen molar-refractivity contribution in [3.8, 4) is 0 Å². The Morgan fingerprint density at radius 2 is 2.14 bits per heavy atom. The molecule has 2 aromatic heterocycles. The molecule has 0 bridgehead atoms. The van der Waals surface area contributed by atoms with E-state index in [-0.39, 0.29) is 10.8 Å². The molecule has 2 heterocycles. The number of hydrogen-bond donors (Lipinski definition) is 2. The van der Waals surface area contributed by atoms with Crippen LogP contribution in [0.25, 0.3) is 10.2 Å². The van der Waals surface area contributed by atoms with Gasteiger partial charge in [-0.2, -0.15) is 0 Å². The molecule has 5 nitrogen and oxygen atoms in total. The Morgan fingerprint density at radius 1 is 1.36 bits per heavy atom. The molecule has 0 saturated carbocycles. The molecule has 0 spiro atoms. The van der Waals surface area contributed by atoms with Gasteiger partial charge in [0, 0.05) is 10.6 Å². The van der Waals surface area contributed by atoms with Gasteiger partial charge in [-0.3, -0.25) is 4.79 Å². The van der Waals surface area contributed by atoms with Crippen molar-refractivity contribution in [2.45, 2.75) is 44.9 Å². The second-order valence-electron chi connectivity index (χ2n) is 6.87. The zero-order valence-corrected chi connectivity index (χ0v) is 16.8. The van der Waals surface area contributed by atoms with E-state index in [0.717, 1.165) is 35.9 Å². The molecule has 1 aliphatic rings. The molecule has 0 saturated heterocycles. The van der Waals surface area contributed by atoms with E-state index >= 15 is 0 Å². The van der Waals surface area contributed by atoms with Gasteiger partial charge in [0.1, 0.15) is 28.2 Å². The minimum atomic E-state index is -0.945. The van der Waals surface area contributed by atoms with Gasteiger partial charge in [0.25, 0.3) is 0 Å². The molecule has 0 radical (unpaired) electrons. The first kappa shape index (κ1) is 19.1. The van der Waals surface area contributed by atoms with Crippen LogP contribution < -0.4 is 5.32 Å². The summed E-state index contributed by atoms with van der Waals surface area (Å²) in [6.07, 6.45) is 4.60. The maximum absolute atomic E-state index is 13.5. The number of carboxylic acid groups (broad SMARTS) is 1. The second kappa shape index (κ2) is 7.64. The van der Waals surface area contributed by atoms with Crippen molar-refractivity contribution in [2.24, 2.45) is 0 Å². The van der Waals surface area contributed by atoms with Gasteiger partial charge in [-0.25, -0.2) is 14.4 Å². The lowest BCUT2D eigenvalue weighted by Gasteiger charge is -2.15. The number of fused-ring (bicyclic) bond motifs is 3. The van der Waals surface area contributed by atoms with Gasteiger partial charge >= 0.3 is 5.97 Å². The lowest BCUT2D eigenvalue weighted by atomic mass is 9.97. The third-order valence-corrected chi connectivity index (χ3v) is 6.51. The van der Waals surface area contributed by atoms with Gasteiger partial charge in [0.2, 0.25) is 0 Å². The summed E-state index contributed by atoms with van der Waals surface area (Å²) in [5, 5.41) is 13.7. The average molecular weight is 420 g/mol. The molecule has 2 N–H and O–H groups in total. The predicted octanol–water partition coefficient (Wildman–Crippen LogP) is 5.68. The maximum atomic E-state index is 13.5. The molecule has 1 aliphatic carbocycles. The summed E-state index contributed by atoms with van der Waals surface area (Å²) in [6, 6.07) is 4.37. The first-order chi connectivity index (χ1) is 13.5. The molecule has 146 valence electrons. The summed E-state index contributed by atoms with van der Waals surface area (Å²) < 4.78 is 13.5. The average Bonchev–Trinajstić information content (AvgIpc) is 3.03. The molecule has 1 atom stereocenters. The van der Waals surface area contributed by atoms with Crippen molar-refractivity contribution in [1.82, 2.24) is 9.97 Å². The lowest BCUT2D eigenvalue weighted by molar-refractivity contribution is -0.139. The van der Waals surface area contributed by atoms with Gasteiger partial charge in [-0.15, -0.1) is 11.3 Å². The number of aliphatic carboxylic acids is 1. The van der Waals surface area contributed by atoms with Gasteiger partial charge < -0.3 is 10.4 Å². The highest BCUT2D eigenvalue weighted by Gasteiger charge is 2.26. The van der Waals surface area contributed by atoms with Crippen LogP contribution >= 0.6 is 22.9 Å². The molecule has 28 heavy (non-hydrogen) atoms. The fraction of sp³-hybridized carbons (Fsp3) is 0.350. The molecular weight excluding hydrogens is 401 g/mol. The number of benzene rings is 1. The van der Waals surface area contributed by atoms with Crippen LogP contribution in [-0.4, -0.2) is 21.0 Å². The monoisotopic (exact) mass is 419 g/mol. The Labute approximate surface area is 170 Å². The smallest absolute Gasteiger partial charge is 0.314 e. The number of aromatic nitrogens is 2. The van der Waals surface area contributed by atoms with E-state index in [4.69, 9.17) is 11.6 Å². The van der Waals surface area contributed by atoms with Crippen molar-refractivity contribution in [2.75, 3.05) is 5.32 Å². The molecule has 8 heteroatoms. The Kier molecular flexibility index (Phi) is 5.21. The van der Waals surface area contributed by atoms with Crippen LogP contribution in [0.5, 0.6) is 0 Å². The summed E-state index contributed by atoms with van der Waals surface area (Å²) in [6.45, 7) is 1.80. The highest BCUT2D eigenvalue weighted by atomic mass is 35.5. The topological polar surface area (TPSA) is 75.1 Å². The summed E-state index contributed by atoms with van der Waals surface area (Å²) >= 11 is 7.53. The molecular formula is C20H19ClFN3O2S. The highest BCUT2D eigenvalue weighted by Crippen LogP contribution is 2.40. The fourth-order valence-electron chi connectivity index (χ4n) is 3.60. The number of carbonyl (C=O) groups is 1. The molecule has 1 unspecified atom stereocenters. The van der Waals surface area contributed by atoms with Crippen LogP contribution in [0.15, 0.2) is 18.2 Å². The van der Waals surface area contributed by atoms with Crippen LogP contribution in [0.1, 0.15) is 48.4 Å². The van der Waals surface area contributed by atoms with E-state index in [2.05, 4.69) is 15.3 Å². The zero-order chi connectivity index (χ0) is 19.8. The predicted molar refractivity (Wildman–Crippen MR) is 109 cm³/mol. The summed E-state index contributed by atoms with van der Waals surface area (Å²) in [7, 11) is 0. The number of halogens is 2. The van der Waals surface area contributed by atoms with E-state index < -0.39 is 17.7 Å². The van der Waals surface area contributed by atoms with E-state index in [9.17, 15) is 14.3 Å². The number of aryl methyl sites for hydroxylation is 2. The summed E-state index contributed by atoms with van der Waals surface area (Å²) in [5.74, 6) is -1.37. The Balaban J connectivity index is 1.88. The van der Waals surface area contributed by atoms with Crippen LogP contribution in [0, 0.1) is 5.82 Å². The largest absolute Gasteiger partial charge is 0.481 e. The molecule has 4 rings (SSSR count). The van der Waals surface area contributed by atoms with Crippen LogP contribution in [-0.2, 0) is 17.6 Å². The van der Waals surface area contributed by atoms with E-state index in [1.165, 1.54) is 22.6 Å². The number of anilines is 2. The van der Waals surface area contributed by atoms with Gasteiger partial charge in [0.05, 0.1) is 10.4 Å². The number of nitrogens with zero attached hydrogens (tertiary/aromatic N) is 2. The third-order valence-electron chi connectivity index (χ3n) is 5.03. The maximum Gasteiger partial charge on any atom is 0.314 e. The first-order valence-electron chi connectivity index (χ1n) is 9.25. The van der Waals surface area contributed by atoms with Gasteiger partial charge in [-0.05, 0) is 55.9 Å². The number of nitrogens with one attached hydrogen (secondary N) is 1. The van der Waals surface area contributed by atoms with Crippen molar-refractivity contribution in [3.05, 3.63) is 45.3 Å². The standard InChI is InChI=1S/C20H19ClFN3O2S/c1-2-11(20(26)27)17-24-18(23-10-7-8-14(22)13(21)9-10)16-12-5-3-4-6-15(12)28-19(16)25-17/h7-9,11H,2-6H2,1H3,(H,26,27)(H,23,24,25). The molecule has 0 fully saturated rings. The van der Waals surface area contributed by atoms with Crippen molar-refractivity contribution >= 4 is 50.6 Å². The Morgan fingerprint density at radius 3 is 2.86 bits per heavy atom. The van der Waals surface area contributed by atoms with Crippen LogP contribution in [0.2, 0.25) is 5.02 Å². The first-order valence-corrected chi connectivity index (χ1v) is 10.4. The normalized spacial score (nSPS) is 14.7. The quantitative estimate of drug-likeness (QED) is 0.556. The zero-order valence-electron chi connectivity index (χ0n) is 15.3. The molecule has 0 aliphatic heterocycles. The Hall–Kier alpha value is -2.25. The summed E-state index contributed by atoms with van der Waals surface area (Å²) in [5.41, 5.74) is 1.83. The van der Waals surface area contributed by atoms with E-state index in [1.54, 1.807) is 24.3 Å². The minimum absolute atomic E-state index is 0.0137. The summed E-state index contributed by atoms with van der Waals surface area (Å²) in [4.78, 5) is 22.9. The highest BCUT2D eigenvalue weighted by molar-refractivity contribution is 7.19. The van der Waals surface area contributed by atoms with Gasteiger partial charge in [-0.1, -0.05) is 18.5 Å². The van der Waals surface area contributed by atoms with Crippen LogP contribution in [0.3, 0.4) is 0 Å². The fourth-order valence-corrected chi connectivity index (χ4v) is 5.05. The van der Waals surface area contributed by atoms with E-state index in [0.29, 0.717) is 17.9 Å². The number of thiophene rings is 1. The van der Waals surface area contributed by atoms with Crippen molar-refractivity contribution in [1.29, 1.82) is 0 Å². The molecule has 3 aromatic rings. The number of carboxylic acids is 1.